The molecule has 0 saturated heterocycles. The molecule has 0 aliphatic rings. The molecule has 1 aromatic heterocycles. The highest BCUT2D eigenvalue weighted by Crippen LogP contribution is 2.16. The summed E-state index contributed by atoms with van der Waals surface area (Å²) >= 11 is 0. The number of aryl methyl sites for hydroxylation is 1. The molecule has 2 rings (SSSR count). The van der Waals surface area contributed by atoms with Crippen LogP contribution in [0.1, 0.15) is 5.69 Å². The fourth-order valence-corrected chi connectivity index (χ4v) is 2.44. The lowest BCUT2D eigenvalue weighted by atomic mass is 10.3. The van der Waals surface area contributed by atoms with Crippen LogP contribution in [0.25, 0.3) is 5.69 Å². The first-order valence-corrected chi connectivity index (χ1v) is 6.90. The Bertz CT molecular complexity index is 642. The van der Waals surface area contributed by atoms with Gasteiger partial charge in [0.05, 0.1) is 16.3 Å². The van der Waals surface area contributed by atoms with E-state index in [2.05, 4.69) is 5.10 Å². The molecule has 0 saturated carbocycles. The first kappa shape index (κ1) is 12.8. The van der Waals surface area contributed by atoms with Gasteiger partial charge in [0.1, 0.15) is 0 Å². The Hall–Kier alpha value is -1.66. The molecule has 0 aliphatic carbocycles. The van der Waals surface area contributed by atoms with Crippen LogP contribution in [0.3, 0.4) is 0 Å². The van der Waals surface area contributed by atoms with Crippen LogP contribution in [-0.4, -0.2) is 36.6 Å². The second kappa shape index (κ2) is 4.55. The maximum absolute atomic E-state index is 11.9. The Balaban J connectivity index is 2.37. The number of sulfonamides is 1. The lowest BCUT2D eigenvalue weighted by Gasteiger charge is -2.11. The van der Waals surface area contributed by atoms with Crippen LogP contribution in [0, 0.1) is 6.92 Å². The number of benzene rings is 1. The van der Waals surface area contributed by atoms with E-state index in [0.717, 1.165) is 11.4 Å². The van der Waals surface area contributed by atoms with Crippen molar-refractivity contribution in [1.29, 1.82) is 0 Å². The fourth-order valence-electron chi connectivity index (χ4n) is 1.54. The third-order valence-electron chi connectivity index (χ3n) is 2.60. The van der Waals surface area contributed by atoms with Crippen molar-refractivity contribution in [1.82, 2.24) is 14.1 Å². The summed E-state index contributed by atoms with van der Waals surface area (Å²) in [6.45, 7) is 1.90. The van der Waals surface area contributed by atoms with E-state index in [1.54, 1.807) is 28.9 Å². The molecule has 0 aliphatic heterocycles. The van der Waals surface area contributed by atoms with Gasteiger partial charge in [0, 0.05) is 20.3 Å². The molecule has 5 nitrogen and oxygen atoms in total. The first-order chi connectivity index (χ1) is 8.41. The molecule has 0 radical (unpaired) electrons. The van der Waals surface area contributed by atoms with Crippen LogP contribution in [0.15, 0.2) is 41.4 Å². The summed E-state index contributed by atoms with van der Waals surface area (Å²) in [4.78, 5) is 0.278. The monoisotopic (exact) mass is 265 g/mol. The van der Waals surface area contributed by atoms with Gasteiger partial charge in [-0.05, 0) is 37.3 Å². The van der Waals surface area contributed by atoms with E-state index < -0.39 is 10.0 Å². The molecule has 0 N–H and O–H groups in total. The molecule has 1 aromatic carbocycles. The van der Waals surface area contributed by atoms with E-state index in [1.165, 1.54) is 18.4 Å². The Morgan fingerprint density at radius 1 is 1.11 bits per heavy atom. The second-order valence-electron chi connectivity index (χ2n) is 4.18. The van der Waals surface area contributed by atoms with E-state index >= 15 is 0 Å². The first-order valence-electron chi connectivity index (χ1n) is 5.46. The topological polar surface area (TPSA) is 55.2 Å². The minimum absolute atomic E-state index is 0.278. The zero-order chi connectivity index (χ0) is 13.3. The molecular weight excluding hydrogens is 250 g/mol. The predicted molar refractivity (Wildman–Crippen MR) is 69.2 cm³/mol. The van der Waals surface area contributed by atoms with Crippen LogP contribution in [0.4, 0.5) is 0 Å². The molecule has 1 heterocycles. The fraction of sp³-hybridized carbons (Fsp3) is 0.250. The molecule has 96 valence electrons. The molecule has 0 amide bonds. The highest BCUT2D eigenvalue weighted by Gasteiger charge is 2.16. The van der Waals surface area contributed by atoms with E-state index in [-0.39, 0.29) is 4.90 Å². The predicted octanol–water partition coefficient (Wildman–Crippen LogP) is 1.43. The Labute approximate surface area is 107 Å². The van der Waals surface area contributed by atoms with E-state index in [0.29, 0.717) is 0 Å². The van der Waals surface area contributed by atoms with Gasteiger partial charge in [-0.3, -0.25) is 0 Å². The van der Waals surface area contributed by atoms with Crippen LogP contribution in [0.5, 0.6) is 0 Å². The van der Waals surface area contributed by atoms with E-state index in [9.17, 15) is 8.42 Å². The number of rotatable bonds is 3. The minimum atomic E-state index is -3.37. The third-order valence-corrected chi connectivity index (χ3v) is 4.43. The largest absolute Gasteiger partial charge is 0.242 e. The van der Waals surface area contributed by atoms with Crippen molar-refractivity contribution < 1.29 is 8.42 Å². The molecule has 6 heteroatoms. The highest BCUT2D eigenvalue weighted by molar-refractivity contribution is 7.89. The Kier molecular flexibility index (Phi) is 3.23. The molecule has 2 aromatic rings. The maximum Gasteiger partial charge on any atom is 0.242 e. The molecule has 0 fully saturated rings. The molecule has 0 bridgehead atoms. The van der Waals surface area contributed by atoms with Crippen LogP contribution >= 0.6 is 0 Å². The summed E-state index contributed by atoms with van der Waals surface area (Å²) < 4.78 is 26.7. The van der Waals surface area contributed by atoms with Gasteiger partial charge in [-0.2, -0.15) is 5.10 Å². The van der Waals surface area contributed by atoms with Gasteiger partial charge in [0.25, 0.3) is 0 Å². The summed E-state index contributed by atoms with van der Waals surface area (Å²) in [5, 5.41) is 4.26. The molecule has 18 heavy (non-hydrogen) atoms. The van der Waals surface area contributed by atoms with Crippen LogP contribution in [0.2, 0.25) is 0 Å². The lowest BCUT2D eigenvalue weighted by Crippen LogP contribution is -2.22. The van der Waals surface area contributed by atoms with Crippen molar-refractivity contribution in [2.45, 2.75) is 11.8 Å². The lowest BCUT2D eigenvalue weighted by molar-refractivity contribution is 0.520. The number of aromatic nitrogens is 2. The average molecular weight is 265 g/mol. The number of nitrogens with zero attached hydrogens (tertiary/aromatic N) is 3. The summed E-state index contributed by atoms with van der Waals surface area (Å²) in [6.07, 6.45) is 1.84. The quantitative estimate of drug-likeness (QED) is 0.843. The minimum Gasteiger partial charge on any atom is -0.241 e. The smallest absolute Gasteiger partial charge is 0.241 e. The second-order valence-corrected chi connectivity index (χ2v) is 6.33. The van der Waals surface area contributed by atoms with Gasteiger partial charge >= 0.3 is 0 Å². The number of hydrogen-bond acceptors (Lipinski definition) is 3. The van der Waals surface area contributed by atoms with Crippen molar-refractivity contribution in [2.24, 2.45) is 0 Å². The average Bonchev–Trinajstić information content (AvgIpc) is 2.76. The van der Waals surface area contributed by atoms with Gasteiger partial charge in [0.15, 0.2) is 0 Å². The van der Waals surface area contributed by atoms with E-state index in [4.69, 9.17) is 0 Å². The van der Waals surface area contributed by atoms with Gasteiger partial charge in [-0.1, -0.05) is 0 Å². The standard InChI is InChI=1S/C12H15N3O2S/c1-10-8-9-15(13-10)11-4-6-12(7-5-11)18(16,17)14(2)3/h4-9H,1-3H3. The molecule has 0 spiro atoms. The highest BCUT2D eigenvalue weighted by atomic mass is 32.2. The zero-order valence-electron chi connectivity index (χ0n) is 10.5. The SMILES string of the molecule is Cc1ccn(-c2ccc(S(=O)(=O)N(C)C)cc2)n1. The summed E-state index contributed by atoms with van der Waals surface area (Å²) in [6, 6.07) is 8.54. The van der Waals surface area contributed by atoms with Crippen LogP contribution in [-0.2, 0) is 10.0 Å². The van der Waals surface area contributed by atoms with Crippen LogP contribution < -0.4 is 0 Å². The summed E-state index contributed by atoms with van der Waals surface area (Å²) in [7, 11) is -0.339. The third kappa shape index (κ3) is 2.30. The zero-order valence-corrected chi connectivity index (χ0v) is 11.3. The van der Waals surface area contributed by atoms with Gasteiger partial charge in [-0.25, -0.2) is 17.4 Å². The molecule has 0 atom stereocenters. The maximum atomic E-state index is 11.9. The van der Waals surface area contributed by atoms with Gasteiger partial charge in [-0.15, -0.1) is 0 Å². The van der Waals surface area contributed by atoms with E-state index in [1.807, 2.05) is 19.2 Å². The van der Waals surface area contributed by atoms with Crippen molar-refractivity contribution in [3.8, 4) is 5.69 Å². The summed E-state index contributed by atoms with van der Waals surface area (Å²) in [5.41, 5.74) is 1.75. The van der Waals surface area contributed by atoms with Gasteiger partial charge in [0.2, 0.25) is 10.0 Å². The van der Waals surface area contributed by atoms with Crippen molar-refractivity contribution >= 4 is 10.0 Å². The normalized spacial score (nSPS) is 12.0. The molecular formula is C12H15N3O2S. The summed E-state index contributed by atoms with van der Waals surface area (Å²) in [5.74, 6) is 0. The molecule has 0 unspecified atom stereocenters. The number of hydrogen-bond donors (Lipinski definition) is 0. The van der Waals surface area contributed by atoms with Crippen molar-refractivity contribution in [3.63, 3.8) is 0 Å². The Morgan fingerprint density at radius 2 is 1.72 bits per heavy atom. The van der Waals surface area contributed by atoms with Crippen molar-refractivity contribution in [2.75, 3.05) is 14.1 Å². The Morgan fingerprint density at radius 3 is 2.17 bits per heavy atom. The van der Waals surface area contributed by atoms with Crippen molar-refractivity contribution in [3.05, 3.63) is 42.2 Å². The van der Waals surface area contributed by atoms with Gasteiger partial charge < -0.3 is 0 Å².